The quantitative estimate of drug-likeness (QED) is 0.507. The molecular weight excluding hydrogens is 316 g/mol. The van der Waals surface area contributed by atoms with Crippen molar-refractivity contribution < 1.29 is 14.3 Å². The van der Waals surface area contributed by atoms with Gasteiger partial charge in [-0.25, -0.2) is 4.79 Å². The van der Waals surface area contributed by atoms with E-state index in [0.717, 1.165) is 30.4 Å². The second kappa shape index (κ2) is 9.03. The van der Waals surface area contributed by atoms with Crippen molar-refractivity contribution in [2.75, 3.05) is 6.61 Å². The lowest BCUT2D eigenvalue weighted by atomic mass is 9.86. The van der Waals surface area contributed by atoms with E-state index >= 15 is 0 Å². The van der Waals surface area contributed by atoms with Crippen LogP contribution in [0, 0.1) is 24.2 Å². The number of aryl methyl sites for hydroxylation is 1. The molecule has 25 heavy (non-hydrogen) atoms. The van der Waals surface area contributed by atoms with Gasteiger partial charge >= 0.3 is 5.97 Å². The van der Waals surface area contributed by atoms with Crippen LogP contribution in [0.15, 0.2) is 29.8 Å². The van der Waals surface area contributed by atoms with Crippen molar-refractivity contribution in [1.82, 2.24) is 5.32 Å². The van der Waals surface area contributed by atoms with Crippen LogP contribution in [0.3, 0.4) is 0 Å². The first-order valence-electron chi connectivity index (χ1n) is 8.64. The summed E-state index contributed by atoms with van der Waals surface area (Å²) >= 11 is 0. The van der Waals surface area contributed by atoms with Crippen LogP contribution in [0.2, 0.25) is 0 Å². The Labute approximate surface area is 148 Å². The molecule has 0 spiro atoms. The highest BCUT2D eigenvalue weighted by Crippen LogP contribution is 2.23. The van der Waals surface area contributed by atoms with Crippen LogP contribution < -0.4 is 5.32 Å². The van der Waals surface area contributed by atoms with E-state index in [-0.39, 0.29) is 24.1 Å². The molecule has 0 saturated heterocycles. The summed E-state index contributed by atoms with van der Waals surface area (Å²) in [6, 6.07) is 9.39. The lowest BCUT2D eigenvalue weighted by Crippen LogP contribution is -2.42. The van der Waals surface area contributed by atoms with E-state index in [1.165, 1.54) is 12.5 Å². The minimum Gasteiger partial charge on any atom is -0.451 e. The molecule has 1 aliphatic rings. The molecule has 2 rings (SSSR count). The number of rotatable bonds is 5. The number of amides is 1. The molecule has 0 radical (unpaired) electrons. The largest absolute Gasteiger partial charge is 0.451 e. The van der Waals surface area contributed by atoms with Crippen molar-refractivity contribution >= 4 is 18.0 Å². The topological polar surface area (TPSA) is 79.2 Å². The summed E-state index contributed by atoms with van der Waals surface area (Å²) in [4.78, 5) is 24.0. The van der Waals surface area contributed by atoms with E-state index in [1.54, 1.807) is 0 Å². The highest BCUT2D eigenvalue weighted by Gasteiger charge is 2.23. The number of hydrogen-bond acceptors (Lipinski definition) is 4. The van der Waals surface area contributed by atoms with Gasteiger partial charge < -0.3 is 10.1 Å². The Morgan fingerprint density at radius 1 is 1.28 bits per heavy atom. The predicted octanol–water partition coefficient (Wildman–Crippen LogP) is 3.14. The zero-order chi connectivity index (χ0) is 18.2. The first kappa shape index (κ1) is 18.7. The minimum atomic E-state index is -0.782. The molecule has 1 amide bonds. The minimum absolute atomic E-state index is 0.123. The van der Waals surface area contributed by atoms with Crippen molar-refractivity contribution in [3.63, 3.8) is 0 Å². The third-order valence-corrected chi connectivity index (χ3v) is 4.52. The maximum atomic E-state index is 12.0. The van der Waals surface area contributed by atoms with Crippen LogP contribution in [0.5, 0.6) is 0 Å². The highest BCUT2D eigenvalue weighted by atomic mass is 16.5. The van der Waals surface area contributed by atoms with E-state index in [1.807, 2.05) is 37.3 Å². The van der Waals surface area contributed by atoms with E-state index < -0.39 is 5.97 Å². The van der Waals surface area contributed by atoms with Gasteiger partial charge in [0.05, 0.1) is 0 Å². The molecule has 132 valence electrons. The van der Waals surface area contributed by atoms with Crippen LogP contribution in [-0.4, -0.2) is 24.5 Å². The average Bonchev–Trinajstić information content (AvgIpc) is 2.61. The Bertz CT molecular complexity index is 686. The molecule has 0 aliphatic heterocycles. The number of nitrogens with one attached hydrogen (secondary N) is 1. The number of esters is 1. The van der Waals surface area contributed by atoms with Crippen molar-refractivity contribution in [1.29, 1.82) is 5.26 Å². The number of hydrogen-bond donors (Lipinski definition) is 1. The van der Waals surface area contributed by atoms with E-state index in [9.17, 15) is 9.59 Å². The highest BCUT2D eigenvalue weighted by molar-refractivity contribution is 5.98. The maximum Gasteiger partial charge on any atom is 0.349 e. The number of nitriles is 1. The SMILES string of the molecule is Cc1ccc(/C=C(\C#N)C(=O)OCC(=O)N[C@H]2CCCC[C@@H]2C)cc1. The number of benzene rings is 1. The van der Waals surface area contributed by atoms with Crippen LogP contribution in [-0.2, 0) is 14.3 Å². The van der Waals surface area contributed by atoms with Gasteiger partial charge in [0.25, 0.3) is 5.91 Å². The van der Waals surface area contributed by atoms with Gasteiger partial charge in [0.15, 0.2) is 6.61 Å². The molecule has 1 saturated carbocycles. The molecule has 0 aromatic heterocycles. The Hall–Kier alpha value is -2.61. The van der Waals surface area contributed by atoms with Crippen LogP contribution in [0.25, 0.3) is 6.08 Å². The Balaban J connectivity index is 1.88. The molecule has 5 heteroatoms. The van der Waals surface area contributed by atoms with Gasteiger partial charge in [-0.1, -0.05) is 49.6 Å². The van der Waals surface area contributed by atoms with Gasteiger partial charge in [0, 0.05) is 6.04 Å². The fourth-order valence-corrected chi connectivity index (χ4v) is 2.95. The fraction of sp³-hybridized carbons (Fsp3) is 0.450. The molecule has 5 nitrogen and oxygen atoms in total. The van der Waals surface area contributed by atoms with Gasteiger partial charge in [-0.2, -0.15) is 5.26 Å². The van der Waals surface area contributed by atoms with E-state index in [4.69, 9.17) is 10.00 Å². The summed E-state index contributed by atoms with van der Waals surface area (Å²) in [6.45, 7) is 3.71. The van der Waals surface area contributed by atoms with Gasteiger partial charge in [0.2, 0.25) is 0 Å². The molecule has 1 fully saturated rings. The molecule has 0 bridgehead atoms. The van der Waals surface area contributed by atoms with Crippen molar-refractivity contribution in [2.45, 2.75) is 45.6 Å². The van der Waals surface area contributed by atoms with Crippen molar-refractivity contribution in [3.8, 4) is 6.07 Å². The lowest BCUT2D eigenvalue weighted by molar-refractivity contribution is -0.144. The Kier molecular flexibility index (Phi) is 6.76. The van der Waals surface area contributed by atoms with E-state index in [0.29, 0.717) is 5.92 Å². The summed E-state index contributed by atoms with van der Waals surface area (Å²) in [5, 5.41) is 12.1. The molecule has 0 unspecified atom stereocenters. The number of ether oxygens (including phenoxy) is 1. The monoisotopic (exact) mass is 340 g/mol. The smallest absolute Gasteiger partial charge is 0.349 e. The lowest BCUT2D eigenvalue weighted by Gasteiger charge is -2.29. The standard InChI is InChI=1S/C20H24N2O3/c1-14-7-9-16(10-8-14)11-17(12-21)20(24)25-13-19(23)22-18-6-4-3-5-15(18)2/h7-11,15,18H,3-6,13H2,1-2H3,(H,22,23)/b17-11+/t15-,18-/m0/s1. The summed E-state index contributed by atoms with van der Waals surface area (Å²) in [7, 11) is 0. The second-order valence-electron chi connectivity index (χ2n) is 6.59. The number of carbonyl (C=O) groups excluding carboxylic acids is 2. The first-order chi connectivity index (χ1) is 12.0. The molecule has 1 aromatic rings. The van der Waals surface area contributed by atoms with Crippen LogP contribution in [0.4, 0.5) is 0 Å². The van der Waals surface area contributed by atoms with Gasteiger partial charge in [-0.05, 0) is 37.3 Å². The Morgan fingerprint density at radius 2 is 1.96 bits per heavy atom. The Morgan fingerprint density at radius 3 is 2.60 bits per heavy atom. The molecular formula is C20H24N2O3. The van der Waals surface area contributed by atoms with Crippen molar-refractivity contribution in [2.24, 2.45) is 5.92 Å². The molecule has 0 heterocycles. The predicted molar refractivity (Wildman–Crippen MR) is 95.3 cm³/mol. The maximum absolute atomic E-state index is 12.0. The molecule has 1 aliphatic carbocycles. The number of carbonyl (C=O) groups is 2. The summed E-state index contributed by atoms with van der Waals surface area (Å²) in [5.41, 5.74) is 1.70. The third kappa shape index (κ3) is 5.75. The van der Waals surface area contributed by atoms with Gasteiger partial charge in [-0.15, -0.1) is 0 Å². The van der Waals surface area contributed by atoms with E-state index in [2.05, 4.69) is 12.2 Å². The fourth-order valence-electron chi connectivity index (χ4n) is 2.95. The summed E-state index contributed by atoms with van der Waals surface area (Å²) < 4.78 is 4.99. The molecule has 1 N–H and O–H groups in total. The molecule has 1 aromatic carbocycles. The normalized spacial score (nSPS) is 20.4. The number of nitrogens with zero attached hydrogens (tertiary/aromatic N) is 1. The zero-order valence-corrected chi connectivity index (χ0v) is 14.7. The van der Waals surface area contributed by atoms with Crippen molar-refractivity contribution in [3.05, 3.63) is 41.0 Å². The van der Waals surface area contributed by atoms with Gasteiger partial charge in [-0.3, -0.25) is 4.79 Å². The first-order valence-corrected chi connectivity index (χ1v) is 8.64. The van der Waals surface area contributed by atoms with Crippen LogP contribution >= 0.6 is 0 Å². The summed E-state index contributed by atoms with van der Waals surface area (Å²) in [6.07, 6.45) is 5.81. The third-order valence-electron chi connectivity index (χ3n) is 4.52. The average molecular weight is 340 g/mol. The zero-order valence-electron chi connectivity index (χ0n) is 14.7. The summed E-state index contributed by atoms with van der Waals surface area (Å²) in [5.74, 6) is -0.667. The van der Waals surface area contributed by atoms with Crippen LogP contribution in [0.1, 0.15) is 43.7 Å². The second-order valence-corrected chi connectivity index (χ2v) is 6.59. The van der Waals surface area contributed by atoms with Gasteiger partial charge in [0.1, 0.15) is 11.6 Å². The molecule has 2 atom stereocenters.